The summed E-state index contributed by atoms with van der Waals surface area (Å²) in [5.41, 5.74) is 22.6. The molecule has 0 aliphatic heterocycles. The van der Waals surface area contributed by atoms with Crippen LogP contribution in [0.2, 0.25) is 0 Å². The van der Waals surface area contributed by atoms with Crippen molar-refractivity contribution in [3.63, 3.8) is 0 Å². The Morgan fingerprint density at radius 3 is 1.13 bits per heavy atom. The van der Waals surface area contributed by atoms with Crippen LogP contribution in [0.15, 0.2) is 420 Å². The van der Waals surface area contributed by atoms with Gasteiger partial charge in [-0.05, 0) is 154 Å². The van der Waals surface area contributed by atoms with E-state index in [1.165, 1.54) is 15.5 Å². The largest absolute Gasteiger partial charge is 0.292 e. The number of nitrogens with zero attached hydrogens (tertiary/aromatic N) is 13. The van der Waals surface area contributed by atoms with Crippen molar-refractivity contribution in [1.82, 2.24) is 64.4 Å². The Morgan fingerprint density at radius 1 is 0.226 bits per heavy atom. The second-order valence-corrected chi connectivity index (χ2v) is 31.2. The summed E-state index contributed by atoms with van der Waals surface area (Å²) in [4.78, 5) is 57.3. The van der Waals surface area contributed by atoms with Crippen molar-refractivity contribution in [3.8, 4) is 96.0 Å². The standard InChI is InChI=1S/C29H17N3S.C28H18N4.C27H17N3.C26H17N3/c1-2-9-18(10-3-1)26-28-27(22-14-6-7-15-24(22)33-28)32-29(31-26)23-17-19-11-8-16-30-25(19)21-13-5-4-12-20(21)23;1-2-6-24-23(5-1)25(16-21-4-3-11-31-28(21)24)22-17-26(19-7-12-29-13-8-19)32-27(18-22)20-9-14-30-15-10-20;1-2-9-18(10-3-1)26-22-14-6-7-15-24(22)29-27(30-26)23-17-19-11-8-16-28-25(19)21-13-5-4-12-20(21)23;1-2-10-19(11-3-1)29-24-15-7-6-14-23(24)28-26(29)22-17-18-9-8-16-27-25(18)21-13-5-4-12-20(21)22/h1-17H;1-18H;1-17H;1-17H. The Balaban J connectivity index is 0.0000000984. The first-order chi connectivity index (χ1) is 61.5. The van der Waals surface area contributed by atoms with Gasteiger partial charge in [0.15, 0.2) is 11.6 Å². The molecule has 0 saturated carbocycles. The van der Waals surface area contributed by atoms with E-state index in [9.17, 15) is 0 Å². The van der Waals surface area contributed by atoms with Crippen LogP contribution in [0.4, 0.5) is 0 Å². The summed E-state index contributed by atoms with van der Waals surface area (Å²) in [5, 5.41) is 15.7. The zero-order chi connectivity index (χ0) is 82.2. The minimum Gasteiger partial charge on any atom is -0.292 e. The minimum absolute atomic E-state index is 0.731. The van der Waals surface area contributed by atoms with E-state index in [1.807, 2.05) is 122 Å². The van der Waals surface area contributed by atoms with Gasteiger partial charge in [-0.1, -0.05) is 249 Å². The van der Waals surface area contributed by atoms with E-state index in [0.717, 1.165) is 209 Å². The molecule has 580 valence electrons. The van der Waals surface area contributed by atoms with Gasteiger partial charge in [-0.3, -0.25) is 34.5 Å². The van der Waals surface area contributed by atoms with E-state index >= 15 is 0 Å². The van der Waals surface area contributed by atoms with Gasteiger partial charge in [0.1, 0.15) is 5.82 Å². The Kier molecular flexibility index (Phi) is 19.1. The van der Waals surface area contributed by atoms with Crippen LogP contribution in [-0.4, -0.2) is 64.4 Å². The topological polar surface area (TPSA) is 160 Å². The summed E-state index contributed by atoms with van der Waals surface area (Å²) in [5.74, 6) is 2.42. The van der Waals surface area contributed by atoms with Crippen molar-refractivity contribution in [1.29, 1.82) is 0 Å². The van der Waals surface area contributed by atoms with E-state index in [2.05, 4.69) is 307 Å². The molecule has 25 aromatic rings. The van der Waals surface area contributed by atoms with Crippen LogP contribution in [0.5, 0.6) is 0 Å². The highest BCUT2D eigenvalue weighted by Gasteiger charge is 2.23. The molecular weight excluding hydrogens is 1540 g/mol. The number of para-hydroxylation sites is 4. The SMILES string of the molecule is c1ccc(-c2nc(-c3cc4cccnc4c4ccccc34)nc3c2sc2ccccc23)cc1.c1ccc(-c2nc(-c3cc4cccnc4c4ccccc34)nc3ccccc23)cc1.c1ccc(-n2c(-c3cc4cccnc4c4ccccc34)nc3ccccc32)cc1.c1cnc2c(c1)cc(-c1cc(-c3ccncc3)nc(-c3ccncc3)c1)c1ccccc12. The highest BCUT2D eigenvalue weighted by atomic mass is 32.1. The Hall–Kier alpha value is -16.7. The second-order valence-electron chi connectivity index (χ2n) is 30.2. The molecule has 0 atom stereocenters. The smallest absolute Gasteiger partial charge is 0.161 e. The molecule has 0 saturated heterocycles. The van der Waals surface area contributed by atoms with Crippen molar-refractivity contribution in [2.75, 3.05) is 0 Å². The normalized spacial score (nSPS) is 11.4. The van der Waals surface area contributed by atoms with Gasteiger partial charge in [-0.25, -0.2) is 29.9 Å². The first-order valence-electron chi connectivity index (χ1n) is 41.0. The van der Waals surface area contributed by atoms with Gasteiger partial charge in [-0.15, -0.1) is 11.3 Å². The van der Waals surface area contributed by atoms with E-state index < -0.39 is 0 Å². The lowest BCUT2D eigenvalue weighted by Gasteiger charge is -2.13. The summed E-state index contributed by atoms with van der Waals surface area (Å²) < 4.78 is 4.60. The average Bonchev–Trinajstić information content (AvgIpc) is 1.52. The molecule has 0 amide bonds. The van der Waals surface area contributed by atoms with Gasteiger partial charge >= 0.3 is 0 Å². The number of hydrogen-bond donors (Lipinski definition) is 0. The molecule has 124 heavy (non-hydrogen) atoms. The van der Waals surface area contributed by atoms with E-state index in [4.69, 9.17) is 29.9 Å². The molecule has 0 fully saturated rings. The predicted molar refractivity (Wildman–Crippen MR) is 510 cm³/mol. The van der Waals surface area contributed by atoms with Crippen molar-refractivity contribution >= 4 is 140 Å². The minimum atomic E-state index is 0.731. The molecule has 11 aromatic heterocycles. The molecule has 0 radical (unpaired) electrons. The lowest BCUT2D eigenvalue weighted by molar-refractivity contribution is 1.11. The second kappa shape index (κ2) is 32.2. The third kappa shape index (κ3) is 13.8. The van der Waals surface area contributed by atoms with Crippen LogP contribution in [0, 0.1) is 0 Å². The van der Waals surface area contributed by atoms with Crippen LogP contribution in [0.25, 0.3) is 225 Å². The Morgan fingerprint density at radius 2 is 0.613 bits per heavy atom. The van der Waals surface area contributed by atoms with Crippen molar-refractivity contribution < 1.29 is 0 Å². The van der Waals surface area contributed by atoms with Crippen LogP contribution < -0.4 is 0 Å². The fourth-order valence-electron chi connectivity index (χ4n) is 17.1. The molecule has 0 aliphatic carbocycles. The van der Waals surface area contributed by atoms with E-state index in [1.54, 1.807) is 36.1 Å². The lowest BCUT2D eigenvalue weighted by atomic mass is 9.94. The van der Waals surface area contributed by atoms with Gasteiger partial charge in [0.05, 0.1) is 71.6 Å². The fraction of sp³-hybridized carbons (Fsp3) is 0. The number of fused-ring (bicyclic) bond motifs is 17. The summed E-state index contributed by atoms with van der Waals surface area (Å²) in [6.07, 6.45) is 14.6. The quantitative estimate of drug-likeness (QED) is 0.126. The number of pyridine rings is 7. The van der Waals surface area contributed by atoms with Crippen molar-refractivity contribution in [2.24, 2.45) is 0 Å². The molecule has 25 rings (SSSR count). The van der Waals surface area contributed by atoms with Crippen LogP contribution >= 0.6 is 11.3 Å². The molecule has 0 spiro atoms. The maximum atomic E-state index is 5.17. The molecule has 11 heterocycles. The summed E-state index contributed by atoms with van der Waals surface area (Å²) in [6, 6.07) is 127. The zero-order valence-electron chi connectivity index (χ0n) is 66.6. The van der Waals surface area contributed by atoms with Crippen LogP contribution in [0.1, 0.15) is 0 Å². The third-order valence-electron chi connectivity index (χ3n) is 22.7. The van der Waals surface area contributed by atoms with Gasteiger partial charge < -0.3 is 0 Å². The van der Waals surface area contributed by atoms with Crippen LogP contribution in [-0.2, 0) is 0 Å². The average molecular weight is 1600 g/mol. The highest BCUT2D eigenvalue weighted by molar-refractivity contribution is 7.26. The maximum Gasteiger partial charge on any atom is 0.161 e. The summed E-state index contributed by atoms with van der Waals surface area (Å²) in [6.45, 7) is 0. The lowest BCUT2D eigenvalue weighted by Crippen LogP contribution is -1.98. The van der Waals surface area contributed by atoms with E-state index in [0.29, 0.717) is 0 Å². The van der Waals surface area contributed by atoms with Crippen molar-refractivity contribution in [2.45, 2.75) is 0 Å². The third-order valence-corrected chi connectivity index (χ3v) is 23.9. The first-order valence-corrected chi connectivity index (χ1v) is 41.8. The molecule has 14 heteroatoms. The Labute approximate surface area is 715 Å². The summed E-state index contributed by atoms with van der Waals surface area (Å²) >= 11 is 1.76. The molecule has 0 N–H and O–H groups in total. The highest BCUT2D eigenvalue weighted by Crippen LogP contribution is 2.44. The number of hydrogen-bond acceptors (Lipinski definition) is 13. The van der Waals surface area contributed by atoms with E-state index in [-0.39, 0.29) is 0 Å². The molecule has 0 unspecified atom stereocenters. The molecule has 0 bridgehead atoms. The molecular formula is C110H69N13S. The monoisotopic (exact) mass is 1600 g/mol. The number of thiophene rings is 1. The molecule has 13 nitrogen and oxygen atoms in total. The number of aromatic nitrogens is 13. The van der Waals surface area contributed by atoms with Gasteiger partial charge in [0, 0.05) is 153 Å². The number of rotatable bonds is 9. The zero-order valence-corrected chi connectivity index (χ0v) is 67.4. The fourth-order valence-corrected chi connectivity index (χ4v) is 18.2. The number of imidazole rings is 1. The van der Waals surface area contributed by atoms with Crippen molar-refractivity contribution in [3.05, 3.63) is 420 Å². The first kappa shape index (κ1) is 73.7. The van der Waals surface area contributed by atoms with Gasteiger partial charge in [0.25, 0.3) is 0 Å². The maximum absolute atomic E-state index is 5.17. The van der Waals surface area contributed by atoms with Crippen LogP contribution in [0.3, 0.4) is 0 Å². The predicted octanol–water partition coefficient (Wildman–Crippen LogP) is 27.5. The number of benzene rings is 14. The summed E-state index contributed by atoms with van der Waals surface area (Å²) in [7, 11) is 0. The Bertz CT molecular complexity index is 8330. The molecule has 0 aliphatic rings. The van der Waals surface area contributed by atoms with Gasteiger partial charge in [0.2, 0.25) is 0 Å². The van der Waals surface area contributed by atoms with Gasteiger partial charge in [-0.2, -0.15) is 0 Å². The molecule has 14 aromatic carbocycles.